The van der Waals surface area contributed by atoms with Crippen LogP contribution in [0.5, 0.6) is 0 Å². The van der Waals surface area contributed by atoms with Crippen molar-refractivity contribution < 1.29 is 24.2 Å². The normalized spacial score (nSPS) is 16.4. The van der Waals surface area contributed by atoms with Crippen LogP contribution in [0.2, 0.25) is 0 Å². The van der Waals surface area contributed by atoms with Gasteiger partial charge in [-0.1, -0.05) is 12.1 Å². The SMILES string of the molecule is CC(C)(C)OC(=O)NC(C(=O)O)c1ccc(N2CCOCC2)cc1. The van der Waals surface area contributed by atoms with Gasteiger partial charge in [-0.3, -0.25) is 0 Å². The Hall–Kier alpha value is -2.28. The monoisotopic (exact) mass is 336 g/mol. The summed E-state index contributed by atoms with van der Waals surface area (Å²) in [5.41, 5.74) is 0.807. The van der Waals surface area contributed by atoms with Crippen LogP contribution in [0.1, 0.15) is 32.4 Å². The van der Waals surface area contributed by atoms with Gasteiger partial charge in [0.1, 0.15) is 5.60 Å². The van der Waals surface area contributed by atoms with Crippen LogP contribution >= 0.6 is 0 Å². The Morgan fingerprint density at radius 1 is 1.21 bits per heavy atom. The lowest BCUT2D eigenvalue weighted by Crippen LogP contribution is -2.38. The number of rotatable bonds is 4. The van der Waals surface area contributed by atoms with Crippen molar-refractivity contribution in [3.8, 4) is 0 Å². The molecule has 0 radical (unpaired) electrons. The number of hydrogen-bond acceptors (Lipinski definition) is 5. The molecule has 1 saturated heterocycles. The summed E-state index contributed by atoms with van der Waals surface area (Å²) in [4.78, 5) is 25.5. The largest absolute Gasteiger partial charge is 0.479 e. The van der Waals surface area contributed by atoms with Crippen LogP contribution in [0.4, 0.5) is 10.5 Å². The standard InChI is InChI=1S/C17H24N2O5/c1-17(2,3)24-16(22)18-14(15(20)21)12-4-6-13(7-5-12)19-8-10-23-11-9-19/h4-7,14H,8-11H2,1-3H3,(H,18,22)(H,20,21). The molecule has 0 bridgehead atoms. The summed E-state index contributed by atoms with van der Waals surface area (Å²) in [6.45, 7) is 8.13. The highest BCUT2D eigenvalue weighted by Crippen LogP contribution is 2.21. The van der Waals surface area contributed by atoms with Crippen molar-refractivity contribution in [1.82, 2.24) is 5.32 Å². The van der Waals surface area contributed by atoms with Crippen molar-refractivity contribution in [3.63, 3.8) is 0 Å². The minimum absolute atomic E-state index is 0.491. The lowest BCUT2D eigenvalue weighted by Gasteiger charge is -2.29. The number of carbonyl (C=O) groups is 2. The van der Waals surface area contributed by atoms with Gasteiger partial charge in [-0.2, -0.15) is 0 Å². The van der Waals surface area contributed by atoms with Crippen LogP contribution in [0, 0.1) is 0 Å². The molecule has 1 aliphatic heterocycles. The van der Waals surface area contributed by atoms with E-state index in [0.717, 1.165) is 18.8 Å². The minimum Gasteiger partial charge on any atom is -0.479 e. The van der Waals surface area contributed by atoms with E-state index in [-0.39, 0.29) is 0 Å². The second-order valence-corrected chi connectivity index (χ2v) is 6.61. The molecule has 1 aromatic carbocycles. The first-order chi connectivity index (χ1) is 11.3. The molecule has 132 valence electrons. The number of amides is 1. The maximum absolute atomic E-state index is 11.8. The van der Waals surface area contributed by atoms with Gasteiger partial charge in [0.15, 0.2) is 6.04 Å². The highest BCUT2D eigenvalue weighted by atomic mass is 16.6. The number of hydrogen-bond donors (Lipinski definition) is 2. The van der Waals surface area contributed by atoms with Gasteiger partial charge in [0.05, 0.1) is 13.2 Å². The molecule has 1 fully saturated rings. The van der Waals surface area contributed by atoms with Crippen molar-refractivity contribution in [2.45, 2.75) is 32.4 Å². The van der Waals surface area contributed by atoms with Crippen molar-refractivity contribution in [2.24, 2.45) is 0 Å². The summed E-state index contributed by atoms with van der Waals surface area (Å²) in [7, 11) is 0. The Balaban J connectivity index is 2.07. The molecule has 1 heterocycles. The van der Waals surface area contributed by atoms with Crippen molar-refractivity contribution >= 4 is 17.7 Å². The van der Waals surface area contributed by atoms with Crippen LogP contribution in [0.15, 0.2) is 24.3 Å². The van der Waals surface area contributed by atoms with E-state index in [0.29, 0.717) is 18.8 Å². The Labute approximate surface area is 141 Å². The lowest BCUT2D eigenvalue weighted by atomic mass is 10.1. The van der Waals surface area contributed by atoms with Crippen LogP contribution in [-0.4, -0.2) is 49.1 Å². The molecule has 2 N–H and O–H groups in total. The molecule has 1 atom stereocenters. The summed E-state index contributed by atoms with van der Waals surface area (Å²) in [5.74, 6) is -1.14. The lowest BCUT2D eigenvalue weighted by molar-refractivity contribution is -0.139. The van der Waals surface area contributed by atoms with E-state index in [2.05, 4.69) is 10.2 Å². The third-order valence-corrected chi connectivity index (χ3v) is 3.51. The molecule has 0 saturated carbocycles. The topological polar surface area (TPSA) is 88.1 Å². The second kappa shape index (κ2) is 7.53. The highest BCUT2D eigenvalue weighted by molar-refractivity contribution is 5.81. The predicted molar refractivity (Wildman–Crippen MR) is 89.2 cm³/mol. The Morgan fingerprint density at radius 2 is 1.79 bits per heavy atom. The maximum atomic E-state index is 11.8. The quantitative estimate of drug-likeness (QED) is 0.876. The van der Waals surface area contributed by atoms with E-state index < -0.39 is 23.7 Å². The Bertz CT molecular complexity index is 574. The fraction of sp³-hybridized carbons (Fsp3) is 0.529. The van der Waals surface area contributed by atoms with Crippen LogP contribution in [0.25, 0.3) is 0 Å². The van der Waals surface area contributed by atoms with Crippen LogP contribution in [-0.2, 0) is 14.3 Å². The van der Waals surface area contributed by atoms with E-state index in [1.165, 1.54) is 0 Å². The van der Waals surface area contributed by atoms with Gasteiger partial charge in [0.25, 0.3) is 0 Å². The molecule has 24 heavy (non-hydrogen) atoms. The van der Waals surface area contributed by atoms with Crippen LogP contribution in [0.3, 0.4) is 0 Å². The van der Waals surface area contributed by atoms with Gasteiger partial charge in [-0.25, -0.2) is 9.59 Å². The molecule has 1 aliphatic rings. The molecule has 1 amide bonds. The predicted octanol–water partition coefficient (Wildman–Crippen LogP) is 2.17. The molecular formula is C17H24N2O5. The van der Waals surface area contributed by atoms with E-state index in [1.54, 1.807) is 32.9 Å². The smallest absolute Gasteiger partial charge is 0.408 e. The molecule has 7 nitrogen and oxygen atoms in total. The van der Waals surface area contributed by atoms with Crippen molar-refractivity contribution in [1.29, 1.82) is 0 Å². The molecular weight excluding hydrogens is 312 g/mol. The summed E-state index contributed by atoms with van der Waals surface area (Å²) < 4.78 is 10.4. The molecule has 1 unspecified atom stereocenters. The minimum atomic E-state index is -1.15. The molecule has 0 aromatic heterocycles. The summed E-state index contributed by atoms with van der Waals surface area (Å²) in [5, 5.41) is 11.8. The number of anilines is 1. The zero-order valence-corrected chi connectivity index (χ0v) is 14.2. The number of morpholine rings is 1. The number of nitrogens with one attached hydrogen (secondary N) is 1. The summed E-state index contributed by atoms with van der Waals surface area (Å²) in [6, 6.07) is 5.97. The molecule has 7 heteroatoms. The number of carbonyl (C=O) groups excluding carboxylic acids is 1. The van der Waals surface area contributed by atoms with E-state index in [1.807, 2.05) is 12.1 Å². The van der Waals surface area contributed by atoms with E-state index in [9.17, 15) is 14.7 Å². The maximum Gasteiger partial charge on any atom is 0.408 e. The van der Waals surface area contributed by atoms with Crippen molar-refractivity contribution in [2.75, 3.05) is 31.2 Å². The number of carboxylic acid groups (broad SMARTS) is 1. The Morgan fingerprint density at radius 3 is 2.29 bits per heavy atom. The first-order valence-electron chi connectivity index (χ1n) is 7.91. The van der Waals surface area contributed by atoms with E-state index >= 15 is 0 Å². The average Bonchev–Trinajstić information content (AvgIpc) is 2.52. The zero-order chi connectivity index (χ0) is 17.7. The average molecular weight is 336 g/mol. The zero-order valence-electron chi connectivity index (χ0n) is 14.2. The second-order valence-electron chi connectivity index (χ2n) is 6.61. The Kier molecular flexibility index (Phi) is 5.66. The van der Waals surface area contributed by atoms with Gasteiger partial charge >= 0.3 is 12.1 Å². The fourth-order valence-electron chi connectivity index (χ4n) is 2.41. The number of aliphatic carboxylic acids is 1. The summed E-state index contributed by atoms with van der Waals surface area (Å²) in [6.07, 6.45) is -0.757. The third-order valence-electron chi connectivity index (χ3n) is 3.51. The number of carboxylic acids is 1. The van der Waals surface area contributed by atoms with Gasteiger partial charge in [-0.05, 0) is 38.5 Å². The van der Waals surface area contributed by atoms with E-state index in [4.69, 9.17) is 9.47 Å². The third kappa shape index (κ3) is 5.13. The van der Waals surface area contributed by atoms with Crippen LogP contribution < -0.4 is 10.2 Å². The number of ether oxygens (including phenoxy) is 2. The van der Waals surface area contributed by atoms with Gasteiger partial charge in [-0.15, -0.1) is 0 Å². The summed E-state index contributed by atoms with van der Waals surface area (Å²) >= 11 is 0. The fourth-order valence-corrected chi connectivity index (χ4v) is 2.41. The first kappa shape index (κ1) is 18.1. The van der Waals surface area contributed by atoms with Gasteiger partial charge < -0.3 is 24.8 Å². The van der Waals surface area contributed by atoms with Gasteiger partial charge in [0.2, 0.25) is 0 Å². The molecule has 1 aromatic rings. The molecule has 0 aliphatic carbocycles. The highest BCUT2D eigenvalue weighted by Gasteiger charge is 2.25. The number of alkyl carbamates (subject to hydrolysis) is 1. The first-order valence-corrected chi connectivity index (χ1v) is 7.91. The molecule has 2 rings (SSSR count). The molecule has 0 spiro atoms. The number of benzene rings is 1. The van der Waals surface area contributed by atoms with Crippen molar-refractivity contribution in [3.05, 3.63) is 29.8 Å². The van der Waals surface area contributed by atoms with Gasteiger partial charge in [0, 0.05) is 18.8 Å². The number of nitrogens with zero attached hydrogens (tertiary/aromatic N) is 1.